The third kappa shape index (κ3) is 4.52. The van der Waals surface area contributed by atoms with Crippen molar-refractivity contribution in [3.05, 3.63) is 69.5 Å². The van der Waals surface area contributed by atoms with Crippen molar-refractivity contribution in [1.29, 1.82) is 0 Å². The number of aromatic nitrogens is 2. The fourth-order valence-electron chi connectivity index (χ4n) is 2.63. The van der Waals surface area contributed by atoms with Crippen LogP contribution in [0.5, 0.6) is 11.5 Å². The Morgan fingerprint density at radius 1 is 1.14 bits per heavy atom. The van der Waals surface area contributed by atoms with Crippen LogP contribution in [0.15, 0.2) is 47.6 Å². The van der Waals surface area contributed by atoms with E-state index in [4.69, 9.17) is 32.7 Å². The molecule has 1 aromatic heterocycles. The van der Waals surface area contributed by atoms with Crippen LogP contribution >= 0.6 is 23.2 Å². The molecule has 0 atom stereocenters. The van der Waals surface area contributed by atoms with E-state index >= 15 is 0 Å². The van der Waals surface area contributed by atoms with Crippen molar-refractivity contribution in [2.24, 2.45) is 5.10 Å². The smallest absolute Gasteiger partial charge is 0.271 e. The second-order valence-electron chi connectivity index (χ2n) is 5.95. The lowest BCUT2D eigenvalue weighted by molar-refractivity contribution is 0.0954. The van der Waals surface area contributed by atoms with Crippen molar-refractivity contribution < 1.29 is 14.3 Å². The fourth-order valence-corrected chi connectivity index (χ4v) is 3.14. The van der Waals surface area contributed by atoms with Gasteiger partial charge in [-0.05, 0) is 43.3 Å². The first kappa shape index (κ1) is 20.7. The number of nitrogens with zero attached hydrogens (tertiary/aromatic N) is 3. The van der Waals surface area contributed by atoms with Crippen molar-refractivity contribution in [2.75, 3.05) is 14.2 Å². The normalized spacial score (nSPS) is 10.9. The molecule has 9 heteroatoms. The number of amides is 1. The lowest BCUT2D eigenvalue weighted by Crippen LogP contribution is -2.17. The van der Waals surface area contributed by atoms with Gasteiger partial charge in [0.25, 0.3) is 5.91 Å². The molecule has 3 aromatic rings. The Balaban J connectivity index is 1.78. The van der Waals surface area contributed by atoms with Crippen LogP contribution in [-0.2, 0) is 0 Å². The topological polar surface area (TPSA) is 77.7 Å². The number of aryl methyl sites for hydroxylation is 1. The molecule has 0 bridgehead atoms. The zero-order valence-electron chi connectivity index (χ0n) is 15.9. The van der Waals surface area contributed by atoms with Crippen LogP contribution in [0.3, 0.4) is 0 Å². The first-order valence-corrected chi connectivity index (χ1v) is 9.26. The van der Waals surface area contributed by atoms with E-state index in [9.17, 15) is 4.79 Å². The maximum Gasteiger partial charge on any atom is 0.271 e. The zero-order valence-corrected chi connectivity index (χ0v) is 17.5. The van der Waals surface area contributed by atoms with Gasteiger partial charge >= 0.3 is 0 Å². The molecule has 150 valence electrons. The van der Waals surface area contributed by atoms with Crippen molar-refractivity contribution >= 4 is 35.3 Å². The van der Waals surface area contributed by atoms with Gasteiger partial charge in [0.05, 0.1) is 37.4 Å². The molecule has 1 amide bonds. The van der Waals surface area contributed by atoms with Crippen LogP contribution in [0.2, 0.25) is 10.2 Å². The summed E-state index contributed by atoms with van der Waals surface area (Å²) >= 11 is 12.5. The maximum absolute atomic E-state index is 12.3. The molecule has 0 unspecified atom stereocenters. The molecule has 2 aromatic carbocycles. The number of hydrogen-bond acceptors (Lipinski definition) is 5. The molecule has 0 aliphatic rings. The van der Waals surface area contributed by atoms with E-state index in [2.05, 4.69) is 15.6 Å². The van der Waals surface area contributed by atoms with Gasteiger partial charge in [-0.25, -0.2) is 10.1 Å². The second-order valence-corrected chi connectivity index (χ2v) is 6.74. The number of rotatable bonds is 6. The number of carbonyl (C=O) groups excluding carboxylic acids is 1. The number of hydrogen-bond donors (Lipinski definition) is 1. The van der Waals surface area contributed by atoms with Gasteiger partial charge in [0.15, 0.2) is 11.5 Å². The van der Waals surface area contributed by atoms with Gasteiger partial charge in [-0.2, -0.15) is 10.2 Å². The third-order valence-corrected chi connectivity index (χ3v) is 4.71. The number of halogens is 2. The Bertz CT molecular complexity index is 1080. The average Bonchev–Trinajstić information content (AvgIpc) is 3.01. The first-order chi connectivity index (χ1) is 13.9. The van der Waals surface area contributed by atoms with E-state index in [0.717, 1.165) is 5.69 Å². The minimum absolute atomic E-state index is 0.355. The summed E-state index contributed by atoms with van der Waals surface area (Å²) in [4.78, 5) is 12.3. The molecule has 0 saturated heterocycles. The molecule has 1 heterocycles. The Kier molecular flexibility index (Phi) is 6.41. The average molecular weight is 433 g/mol. The van der Waals surface area contributed by atoms with Gasteiger partial charge in [0.1, 0.15) is 5.15 Å². The molecule has 0 fully saturated rings. The molecular formula is C20H18Cl2N4O3. The van der Waals surface area contributed by atoms with Crippen molar-refractivity contribution in [1.82, 2.24) is 15.2 Å². The first-order valence-electron chi connectivity index (χ1n) is 8.51. The minimum Gasteiger partial charge on any atom is -0.493 e. The Morgan fingerprint density at radius 2 is 1.90 bits per heavy atom. The second kappa shape index (κ2) is 8.98. The lowest BCUT2D eigenvalue weighted by atomic mass is 10.2. The molecule has 0 radical (unpaired) electrons. The van der Waals surface area contributed by atoms with E-state index in [1.54, 1.807) is 41.9 Å². The molecule has 7 nitrogen and oxygen atoms in total. The molecule has 1 N–H and O–H groups in total. The summed E-state index contributed by atoms with van der Waals surface area (Å²) in [6, 6.07) is 12.0. The molecule has 0 saturated carbocycles. The Hall–Kier alpha value is -3.03. The van der Waals surface area contributed by atoms with Gasteiger partial charge in [-0.1, -0.05) is 29.3 Å². The van der Waals surface area contributed by atoms with Crippen LogP contribution in [0.1, 0.15) is 21.6 Å². The van der Waals surface area contributed by atoms with Crippen LogP contribution < -0.4 is 14.9 Å². The molecule has 29 heavy (non-hydrogen) atoms. The molecule has 0 spiro atoms. The number of carbonyl (C=O) groups is 1. The van der Waals surface area contributed by atoms with Gasteiger partial charge in [-0.3, -0.25) is 4.79 Å². The molecular weight excluding hydrogens is 415 g/mol. The van der Waals surface area contributed by atoms with E-state index < -0.39 is 5.91 Å². The fraction of sp³-hybridized carbons (Fsp3) is 0.150. The summed E-state index contributed by atoms with van der Waals surface area (Å²) in [5.74, 6) is 0.576. The molecule has 3 rings (SSSR count). The van der Waals surface area contributed by atoms with E-state index in [0.29, 0.717) is 38.5 Å². The van der Waals surface area contributed by atoms with Crippen LogP contribution in [0.4, 0.5) is 0 Å². The highest BCUT2D eigenvalue weighted by Crippen LogP contribution is 2.27. The van der Waals surface area contributed by atoms with Crippen LogP contribution in [0.25, 0.3) is 5.69 Å². The number of methoxy groups -OCH3 is 2. The monoisotopic (exact) mass is 432 g/mol. The largest absolute Gasteiger partial charge is 0.493 e. The summed E-state index contributed by atoms with van der Waals surface area (Å²) in [5, 5.41) is 9.34. The van der Waals surface area contributed by atoms with E-state index in [1.165, 1.54) is 20.4 Å². The summed E-state index contributed by atoms with van der Waals surface area (Å²) in [5.41, 5.74) is 4.80. The maximum atomic E-state index is 12.3. The predicted octanol–water partition coefficient (Wildman–Crippen LogP) is 4.27. The summed E-state index contributed by atoms with van der Waals surface area (Å²) in [6.07, 6.45) is 1.45. The van der Waals surface area contributed by atoms with Crippen LogP contribution in [0, 0.1) is 6.92 Å². The SMILES string of the molecule is COc1ccc(C(=O)N/N=C\c2c(C)nn(-c3cccc(Cl)c3)c2Cl)cc1OC. The number of nitrogens with one attached hydrogen (secondary N) is 1. The lowest BCUT2D eigenvalue weighted by Gasteiger charge is -2.08. The van der Waals surface area contributed by atoms with Crippen molar-refractivity contribution in [3.8, 4) is 17.2 Å². The third-order valence-electron chi connectivity index (χ3n) is 4.11. The molecule has 0 aliphatic carbocycles. The van der Waals surface area contributed by atoms with Crippen LogP contribution in [-0.4, -0.2) is 36.1 Å². The van der Waals surface area contributed by atoms with Crippen molar-refractivity contribution in [2.45, 2.75) is 6.92 Å². The van der Waals surface area contributed by atoms with Gasteiger partial charge in [0.2, 0.25) is 0 Å². The summed E-state index contributed by atoms with van der Waals surface area (Å²) < 4.78 is 11.9. The van der Waals surface area contributed by atoms with Crippen molar-refractivity contribution in [3.63, 3.8) is 0 Å². The van der Waals surface area contributed by atoms with E-state index in [1.807, 2.05) is 12.1 Å². The standard InChI is InChI=1S/C20H18Cl2N4O3/c1-12-16(19(22)26(25-12)15-6-4-5-14(21)10-15)11-23-24-20(27)13-7-8-17(28-2)18(9-13)29-3/h4-11H,1-3H3,(H,24,27)/b23-11-. The van der Waals surface area contributed by atoms with Gasteiger partial charge in [-0.15, -0.1) is 0 Å². The highest BCUT2D eigenvalue weighted by molar-refractivity contribution is 6.32. The minimum atomic E-state index is -0.404. The molecule has 0 aliphatic heterocycles. The van der Waals surface area contributed by atoms with Gasteiger partial charge < -0.3 is 9.47 Å². The summed E-state index contributed by atoms with van der Waals surface area (Å²) in [7, 11) is 3.03. The zero-order chi connectivity index (χ0) is 21.0. The number of benzene rings is 2. The highest BCUT2D eigenvalue weighted by Gasteiger charge is 2.14. The Labute approximate surface area is 177 Å². The quantitative estimate of drug-likeness (QED) is 0.465. The Morgan fingerprint density at radius 3 is 2.59 bits per heavy atom. The number of hydrazone groups is 1. The number of ether oxygens (including phenoxy) is 2. The van der Waals surface area contributed by atoms with E-state index in [-0.39, 0.29) is 0 Å². The summed E-state index contributed by atoms with van der Waals surface area (Å²) in [6.45, 7) is 1.80. The van der Waals surface area contributed by atoms with Gasteiger partial charge in [0, 0.05) is 10.6 Å². The predicted molar refractivity (Wildman–Crippen MR) is 113 cm³/mol. The highest BCUT2D eigenvalue weighted by atomic mass is 35.5.